The summed E-state index contributed by atoms with van der Waals surface area (Å²) < 4.78 is 0.971. The number of benzene rings is 2. The molecule has 2 aromatic rings. The van der Waals surface area contributed by atoms with Gasteiger partial charge in [0.15, 0.2) is 0 Å². The Morgan fingerprint density at radius 3 is 2.68 bits per heavy atom. The molecule has 2 nitrogen and oxygen atoms in total. The Kier molecular flexibility index (Phi) is 5.56. The first-order valence-corrected chi connectivity index (χ1v) is 8.11. The number of carbonyl (C=O) groups is 1. The molecule has 2 N–H and O–H groups in total. The van der Waals surface area contributed by atoms with Gasteiger partial charge in [-0.2, -0.15) is 0 Å². The zero-order valence-electron chi connectivity index (χ0n) is 12.8. The Balaban J connectivity index is 2.45. The van der Waals surface area contributed by atoms with Crippen molar-refractivity contribution in [2.45, 2.75) is 20.3 Å². The largest absolute Gasteiger partial charge is 0.366 e. The molecule has 0 aliphatic heterocycles. The summed E-state index contributed by atoms with van der Waals surface area (Å²) >= 11 is 3.47. The van der Waals surface area contributed by atoms with E-state index in [4.69, 9.17) is 5.73 Å². The Hall–Kier alpha value is -1.87. The van der Waals surface area contributed by atoms with E-state index in [0.717, 1.165) is 27.6 Å². The highest BCUT2D eigenvalue weighted by Crippen LogP contribution is 2.29. The van der Waals surface area contributed by atoms with E-state index < -0.39 is 5.91 Å². The summed E-state index contributed by atoms with van der Waals surface area (Å²) in [6, 6.07) is 14.6. The number of amides is 1. The van der Waals surface area contributed by atoms with E-state index in [9.17, 15) is 4.79 Å². The molecule has 114 valence electrons. The van der Waals surface area contributed by atoms with Crippen molar-refractivity contribution in [2.24, 2.45) is 11.7 Å². The van der Waals surface area contributed by atoms with Gasteiger partial charge in [0, 0.05) is 10.5 Å². The fraction of sp³-hybridized carbons (Fsp3) is 0.211. The topological polar surface area (TPSA) is 43.1 Å². The van der Waals surface area contributed by atoms with Crippen molar-refractivity contribution < 1.29 is 4.79 Å². The van der Waals surface area contributed by atoms with Crippen LogP contribution in [0, 0.1) is 5.92 Å². The van der Waals surface area contributed by atoms with Gasteiger partial charge in [-0.3, -0.25) is 4.79 Å². The molecule has 0 spiro atoms. The van der Waals surface area contributed by atoms with Gasteiger partial charge in [0.05, 0.1) is 0 Å². The maximum absolute atomic E-state index is 11.0. The summed E-state index contributed by atoms with van der Waals surface area (Å²) in [5.41, 5.74) is 9.73. The Bertz CT molecular complexity index is 704. The third-order valence-corrected chi connectivity index (χ3v) is 3.82. The minimum Gasteiger partial charge on any atom is -0.366 e. The molecule has 22 heavy (non-hydrogen) atoms. The van der Waals surface area contributed by atoms with Crippen LogP contribution in [0.2, 0.25) is 0 Å². The number of rotatable bonds is 5. The van der Waals surface area contributed by atoms with Crippen molar-refractivity contribution in [3.63, 3.8) is 0 Å². The fourth-order valence-corrected chi connectivity index (χ4v) is 2.82. The molecule has 0 bridgehead atoms. The molecule has 0 heterocycles. The maximum atomic E-state index is 11.0. The SMILES string of the molecule is CC(C)Cc1cccc(-c2ccc(Br)cc2/C=C/C(N)=O)c1. The average molecular weight is 358 g/mol. The summed E-state index contributed by atoms with van der Waals surface area (Å²) in [6.07, 6.45) is 4.21. The Labute approximate surface area is 140 Å². The highest BCUT2D eigenvalue weighted by atomic mass is 79.9. The molecule has 0 atom stereocenters. The molecule has 0 aliphatic carbocycles. The van der Waals surface area contributed by atoms with E-state index in [0.29, 0.717) is 5.92 Å². The summed E-state index contributed by atoms with van der Waals surface area (Å²) in [5, 5.41) is 0. The molecule has 1 amide bonds. The van der Waals surface area contributed by atoms with E-state index in [1.807, 2.05) is 12.1 Å². The molecule has 0 unspecified atom stereocenters. The normalized spacial score (nSPS) is 11.3. The van der Waals surface area contributed by atoms with Crippen LogP contribution >= 0.6 is 15.9 Å². The standard InChI is InChI=1S/C19H20BrNO/c1-13(2)10-14-4-3-5-15(11-14)18-8-7-17(20)12-16(18)6-9-19(21)22/h3-9,11-13H,10H2,1-2H3,(H2,21,22)/b9-6+. The molecule has 0 saturated heterocycles. The molecule has 0 saturated carbocycles. The van der Waals surface area contributed by atoms with Crippen molar-refractivity contribution >= 4 is 27.9 Å². The van der Waals surface area contributed by atoms with Crippen LogP contribution in [0.4, 0.5) is 0 Å². The number of hydrogen-bond acceptors (Lipinski definition) is 1. The van der Waals surface area contributed by atoms with Crippen LogP contribution in [0.3, 0.4) is 0 Å². The van der Waals surface area contributed by atoms with Crippen molar-refractivity contribution in [2.75, 3.05) is 0 Å². The van der Waals surface area contributed by atoms with Crippen LogP contribution in [-0.4, -0.2) is 5.91 Å². The second-order valence-electron chi connectivity index (χ2n) is 5.77. The zero-order valence-corrected chi connectivity index (χ0v) is 14.4. The smallest absolute Gasteiger partial charge is 0.241 e. The van der Waals surface area contributed by atoms with Crippen LogP contribution in [0.1, 0.15) is 25.0 Å². The summed E-state index contributed by atoms with van der Waals surface area (Å²) in [6.45, 7) is 4.43. The van der Waals surface area contributed by atoms with Crippen molar-refractivity contribution in [3.8, 4) is 11.1 Å². The predicted molar refractivity (Wildman–Crippen MR) is 96.3 cm³/mol. The number of carbonyl (C=O) groups excluding carboxylic acids is 1. The number of halogens is 1. The van der Waals surface area contributed by atoms with Gasteiger partial charge in [0.1, 0.15) is 0 Å². The van der Waals surface area contributed by atoms with Crippen molar-refractivity contribution in [1.82, 2.24) is 0 Å². The third-order valence-electron chi connectivity index (χ3n) is 3.32. The summed E-state index contributed by atoms with van der Waals surface area (Å²) in [7, 11) is 0. The fourth-order valence-electron chi connectivity index (χ4n) is 2.44. The molecule has 3 heteroatoms. The number of hydrogen-bond donors (Lipinski definition) is 1. The van der Waals surface area contributed by atoms with Gasteiger partial charge >= 0.3 is 0 Å². The van der Waals surface area contributed by atoms with E-state index >= 15 is 0 Å². The van der Waals surface area contributed by atoms with E-state index in [1.165, 1.54) is 11.6 Å². The predicted octanol–water partition coefficient (Wildman–Crippen LogP) is 4.81. The lowest BCUT2D eigenvalue weighted by Crippen LogP contribution is -2.05. The Morgan fingerprint density at radius 1 is 1.23 bits per heavy atom. The highest BCUT2D eigenvalue weighted by molar-refractivity contribution is 9.10. The zero-order chi connectivity index (χ0) is 16.1. The van der Waals surface area contributed by atoms with Gasteiger partial charge in [-0.15, -0.1) is 0 Å². The second kappa shape index (κ2) is 7.41. The van der Waals surface area contributed by atoms with Crippen LogP contribution < -0.4 is 5.73 Å². The molecule has 0 aliphatic rings. The average Bonchev–Trinajstić information content (AvgIpc) is 2.44. The quantitative estimate of drug-likeness (QED) is 0.766. The summed E-state index contributed by atoms with van der Waals surface area (Å²) in [5.74, 6) is 0.175. The molecular weight excluding hydrogens is 338 g/mol. The first kappa shape index (κ1) is 16.5. The van der Waals surface area contributed by atoms with Gasteiger partial charge in [-0.05, 0) is 52.8 Å². The molecule has 2 aromatic carbocycles. The summed E-state index contributed by atoms with van der Waals surface area (Å²) in [4.78, 5) is 11.0. The number of nitrogens with two attached hydrogens (primary N) is 1. The van der Waals surface area contributed by atoms with Crippen molar-refractivity contribution in [1.29, 1.82) is 0 Å². The minimum absolute atomic E-state index is 0.445. The molecule has 2 rings (SSSR count). The minimum atomic E-state index is -0.445. The van der Waals surface area contributed by atoms with Gasteiger partial charge < -0.3 is 5.73 Å². The van der Waals surface area contributed by atoms with Gasteiger partial charge in [0.2, 0.25) is 5.91 Å². The lowest BCUT2D eigenvalue weighted by Gasteiger charge is -2.10. The van der Waals surface area contributed by atoms with Crippen LogP contribution in [-0.2, 0) is 11.2 Å². The molecule has 0 fully saturated rings. The van der Waals surface area contributed by atoms with Gasteiger partial charge in [-0.25, -0.2) is 0 Å². The third kappa shape index (κ3) is 4.57. The number of primary amides is 1. The van der Waals surface area contributed by atoms with E-state index in [2.05, 4.69) is 60.1 Å². The molecular formula is C19H20BrNO. The maximum Gasteiger partial charge on any atom is 0.241 e. The second-order valence-corrected chi connectivity index (χ2v) is 6.68. The highest BCUT2D eigenvalue weighted by Gasteiger charge is 2.06. The van der Waals surface area contributed by atoms with Crippen LogP contribution in [0.15, 0.2) is 53.0 Å². The van der Waals surface area contributed by atoms with Crippen molar-refractivity contribution in [3.05, 3.63) is 64.1 Å². The molecule has 0 radical (unpaired) electrons. The van der Waals surface area contributed by atoms with E-state index in [1.54, 1.807) is 6.08 Å². The van der Waals surface area contributed by atoms with E-state index in [-0.39, 0.29) is 0 Å². The lowest BCUT2D eigenvalue weighted by molar-refractivity contribution is -0.113. The monoisotopic (exact) mass is 357 g/mol. The Morgan fingerprint density at radius 2 is 2.00 bits per heavy atom. The van der Waals surface area contributed by atoms with Gasteiger partial charge in [-0.1, -0.05) is 60.1 Å². The first-order chi connectivity index (χ1) is 10.5. The first-order valence-electron chi connectivity index (χ1n) is 7.32. The lowest BCUT2D eigenvalue weighted by atomic mass is 9.95. The van der Waals surface area contributed by atoms with Crippen LogP contribution in [0.5, 0.6) is 0 Å². The van der Waals surface area contributed by atoms with Crippen LogP contribution in [0.25, 0.3) is 17.2 Å². The molecule has 0 aromatic heterocycles. The van der Waals surface area contributed by atoms with Gasteiger partial charge in [0.25, 0.3) is 0 Å².